The Balaban J connectivity index is 2.08. The van der Waals surface area contributed by atoms with Gasteiger partial charge in [0.05, 0.1) is 28.4 Å². The van der Waals surface area contributed by atoms with Gasteiger partial charge in [0.2, 0.25) is 5.75 Å². The molecule has 0 aliphatic carbocycles. The van der Waals surface area contributed by atoms with Crippen LogP contribution in [0.5, 0.6) is 23.0 Å². The number of benzene rings is 2. The lowest BCUT2D eigenvalue weighted by Gasteiger charge is -2.16. The Kier molecular flexibility index (Phi) is 6.26. The number of rotatable bonds is 8. The molecule has 0 saturated heterocycles. The average molecular weight is 335 g/mol. The molecule has 1 N–H and O–H groups in total. The van der Waals surface area contributed by atoms with Gasteiger partial charge in [-0.25, -0.2) is 4.39 Å². The van der Waals surface area contributed by atoms with Crippen molar-refractivity contribution in [3.8, 4) is 23.0 Å². The van der Waals surface area contributed by atoms with Crippen LogP contribution in [0.15, 0.2) is 30.3 Å². The minimum Gasteiger partial charge on any atom is -0.494 e. The van der Waals surface area contributed by atoms with Gasteiger partial charge < -0.3 is 24.3 Å². The lowest BCUT2D eigenvalue weighted by molar-refractivity contribution is 0.321. The van der Waals surface area contributed by atoms with E-state index in [4.69, 9.17) is 18.9 Å². The topological polar surface area (TPSA) is 49.0 Å². The second-order valence-electron chi connectivity index (χ2n) is 5.07. The summed E-state index contributed by atoms with van der Waals surface area (Å²) in [6.07, 6.45) is 0. The first-order chi connectivity index (χ1) is 11.6. The van der Waals surface area contributed by atoms with E-state index in [2.05, 4.69) is 5.32 Å². The quantitative estimate of drug-likeness (QED) is 0.803. The first-order valence-electron chi connectivity index (χ1n) is 7.45. The van der Waals surface area contributed by atoms with Crippen LogP contribution in [0.25, 0.3) is 0 Å². The van der Waals surface area contributed by atoms with Crippen LogP contribution in [-0.2, 0) is 13.1 Å². The predicted molar refractivity (Wildman–Crippen MR) is 89.6 cm³/mol. The summed E-state index contributed by atoms with van der Waals surface area (Å²) >= 11 is 0. The summed E-state index contributed by atoms with van der Waals surface area (Å²) < 4.78 is 34.7. The Morgan fingerprint density at radius 2 is 1.46 bits per heavy atom. The third-order valence-corrected chi connectivity index (χ3v) is 3.65. The molecule has 0 aromatic heterocycles. The highest BCUT2D eigenvalue weighted by molar-refractivity contribution is 5.55. The predicted octanol–water partition coefficient (Wildman–Crippen LogP) is 3.15. The molecular formula is C18H22FNO4. The van der Waals surface area contributed by atoms with E-state index in [9.17, 15) is 4.39 Å². The van der Waals surface area contributed by atoms with Crippen molar-refractivity contribution in [1.29, 1.82) is 0 Å². The summed E-state index contributed by atoms with van der Waals surface area (Å²) in [6.45, 7) is 1.05. The monoisotopic (exact) mass is 335 g/mol. The third kappa shape index (κ3) is 3.89. The van der Waals surface area contributed by atoms with Crippen LogP contribution < -0.4 is 24.3 Å². The van der Waals surface area contributed by atoms with E-state index >= 15 is 0 Å². The number of hydrogen-bond acceptors (Lipinski definition) is 5. The molecule has 0 heterocycles. The van der Waals surface area contributed by atoms with E-state index in [0.717, 1.165) is 11.1 Å². The van der Waals surface area contributed by atoms with Gasteiger partial charge in [-0.3, -0.25) is 0 Å². The molecule has 0 bridgehead atoms. The fraction of sp³-hybridized carbons (Fsp3) is 0.333. The standard InChI is InChI=1S/C18H22FNO4/c1-21-15-7-5-12(9-14(15)19)10-20-11-13-6-8-16(22-2)18(24-4)17(13)23-3/h5-9,20H,10-11H2,1-4H3. The fourth-order valence-electron chi connectivity index (χ4n) is 2.46. The van der Waals surface area contributed by atoms with E-state index in [1.165, 1.54) is 13.2 Å². The molecule has 6 heteroatoms. The van der Waals surface area contributed by atoms with Gasteiger partial charge in [0.15, 0.2) is 23.1 Å². The Labute approximate surface area is 141 Å². The highest BCUT2D eigenvalue weighted by atomic mass is 19.1. The Hall–Kier alpha value is -2.47. The summed E-state index contributed by atoms with van der Waals surface area (Å²) in [5.74, 6) is 1.64. The van der Waals surface area contributed by atoms with Gasteiger partial charge in [0.1, 0.15) is 0 Å². The van der Waals surface area contributed by atoms with Crippen molar-refractivity contribution in [2.24, 2.45) is 0 Å². The fourth-order valence-corrected chi connectivity index (χ4v) is 2.46. The molecule has 2 aromatic rings. The Bertz CT molecular complexity index is 691. The van der Waals surface area contributed by atoms with E-state index in [-0.39, 0.29) is 11.6 Å². The van der Waals surface area contributed by atoms with Crippen molar-refractivity contribution in [2.75, 3.05) is 28.4 Å². The minimum atomic E-state index is -0.375. The van der Waals surface area contributed by atoms with E-state index in [0.29, 0.717) is 30.3 Å². The molecule has 5 nitrogen and oxygen atoms in total. The summed E-state index contributed by atoms with van der Waals surface area (Å²) in [7, 11) is 6.17. The lowest BCUT2D eigenvalue weighted by atomic mass is 10.1. The maximum absolute atomic E-state index is 13.7. The zero-order chi connectivity index (χ0) is 17.5. The van der Waals surface area contributed by atoms with Crippen LogP contribution in [-0.4, -0.2) is 28.4 Å². The molecule has 0 fully saturated rings. The molecule has 0 aliphatic heterocycles. The third-order valence-electron chi connectivity index (χ3n) is 3.65. The van der Waals surface area contributed by atoms with Crippen molar-refractivity contribution >= 4 is 0 Å². The number of halogens is 1. The van der Waals surface area contributed by atoms with Crippen molar-refractivity contribution < 1.29 is 23.3 Å². The maximum Gasteiger partial charge on any atom is 0.203 e. The number of methoxy groups -OCH3 is 4. The highest BCUT2D eigenvalue weighted by Gasteiger charge is 2.15. The lowest BCUT2D eigenvalue weighted by Crippen LogP contribution is -2.14. The zero-order valence-electron chi connectivity index (χ0n) is 14.3. The molecule has 2 rings (SSSR count). The molecule has 0 amide bonds. The van der Waals surface area contributed by atoms with Crippen molar-refractivity contribution in [3.05, 3.63) is 47.3 Å². The van der Waals surface area contributed by atoms with Gasteiger partial charge in [0, 0.05) is 18.7 Å². The highest BCUT2D eigenvalue weighted by Crippen LogP contribution is 2.39. The number of ether oxygens (including phenoxy) is 4. The molecule has 0 atom stereocenters. The van der Waals surface area contributed by atoms with Crippen molar-refractivity contribution in [3.63, 3.8) is 0 Å². The Morgan fingerprint density at radius 1 is 0.792 bits per heavy atom. The molecule has 0 saturated carbocycles. The number of nitrogens with one attached hydrogen (secondary N) is 1. The second-order valence-corrected chi connectivity index (χ2v) is 5.07. The van der Waals surface area contributed by atoms with E-state index < -0.39 is 0 Å². The second kappa shape index (κ2) is 8.40. The van der Waals surface area contributed by atoms with Gasteiger partial charge in [-0.05, 0) is 23.8 Å². The van der Waals surface area contributed by atoms with Gasteiger partial charge in [-0.2, -0.15) is 0 Å². The average Bonchev–Trinajstić information content (AvgIpc) is 2.61. The molecule has 0 aliphatic rings. The van der Waals surface area contributed by atoms with Crippen LogP contribution in [0.1, 0.15) is 11.1 Å². The molecule has 2 aromatic carbocycles. The van der Waals surface area contributed by atoms with Crippen molar-refractivity contribution in [1.82, 2.24) is 5.32 Å². The molecule has 0 radical (unpaired) electrons. The summed E-state index contributed by atoms with van der Waals surface area (Å²) in [4.78, 5) is 0. The summed E-state index contributed by atoms with van der Waals surface area (Å²) in [5, 5.41) is 3.26. The normalized spacial score (nSPS) is 10.4. The minimum absolute atomic E-state index is 0.236. The van der Waals surface area contributed by atoms with Crippen LogP contribution >= 0.6 is 0 Å². The SMILES string of the molecule is COc1ccc(CNCc2ccc(OC)c(OC)c2OC)cc1F. The van der Waals surface area contributed by atoms with E-state index in [1.807, 2.05) is 18.2 Å². The molecular weight excluding hydrogens is 313 g/mol. The van der Waals surface area contributed by atoms with Gasteiger partial charge in [-0.1, -0.05) is 12.1 Å². The first-order valence-corrected chi connectivity index (χ1v) is 7.45. The first kappa shape index (κ1) is 17.9. The summed E-state index contributed by atoms with van der Waals surface area (Å²) in [6, 6.07) is 8.62. The van der Waals surface area contributed by atoms with Crippen LogP contribution in [0.3, 0.4) is 0 Å². The van der Waals surface area contributed by atoms with Gasteiger partial charge in [0.25, 0.3) is 0 Å². The van der Waals surface area contributed by atoms with Crippen molar-refractivity contribution in [2.45, 2.75) is 13.1 Å². The van der Waals surface area contributed by atoms with Crippen LogP contribution in [0.4, 0.5) is 4.39 Å². The van der Waals surface area contributed by atoms with Gasteiger partial charge in [-0.15, -0.1) is 0 Å². The molecule has 130 valence electrons. The smallest absolute Gasteiger partial charge is 0.203 e. The largest absolute Gasteiger partial charge is 0.494 e. The molecule has 0 unspecified atom stereocenters. The Morgan fingerprint density at radius 3 is 2.04 bits per heavy atom. The maximum atomic E-state index is 13.7. The molecule has 24 heavy (non-hydrogen) atoms. The van der Waals surface area contributed by atoms with Crippen LogP contribution in [0.2, 0.25) is 0 Å². The summed E-state index contributed by atoms with van der Waals surface area (Å²) in [5.41, 5.74) is 1.75. The van der Waals surface area contributed by atoms with E-state index in [1.54, 1.807) is 27.4 Å². The van der Waals surface area contributed by atoms with Gasteiger partial charge >= 0.3 is 0 Å². The zero-order valence-corrected chi connectivity index (χ0v) is 14.3. The van der Waals surface area contributed by atoms with Crippen LogP contribution in [0, 0.1) is 5.82 Å². The number of hydrogen-bond donors (Lipinski definition) is 1. The molecule has 0 spiro atoms.